The van der Waals surface area contributed by atoms with Gasteiger partial charge in [-0.3, -0.25) is 9.89 Å². The van der Waals surface area contributed by atoms with Crippen LogP contribution in [0.5, 0.6) is 5.75 Å². The lowest BCUT2D eigenvalue weighted by Crippen LogP contribution is -2.32. The highest BCUT2D eigenvalue weighted by atomic mass is 35.5. The molecule has 3 rings (SSSR count). The highest BCUT2D eigenvalue weighted by molar-refractivity contribution is 7.15. The summed E-state index contributed by atoms with van der Waals surface area (Å²) in [5.41, 5.74) is -1.20. The number of nitrogens with one attached hydrogen (secondary N) is 2. The Morgan fingerprint density at radius 2 is 1.94 bits per heavy atom. The van der Waals surface area contributed by atoms with Crippen molar-refractivity contribution in [3.63, 3.8) is 0 Å². The maximum Gasteiger partial charge on any atom is 0.425 e. The predicted octanol–water partition coefficient (Wildman–Crippen LogP) is 5.75. The monoisotopic (exact) mass is 520 g/mol. The SMILES string of the molecule is Cc1[nH]nc(Cl)c1NC(=O)c1cc(F)c(-c2nc(C(C)(C)O)c(C)s2)cc1OC(C)C(F)(F)F. The summed E-state index contributed by atoms with van der Waals surface area (Å²) in [5.74, 6) is -2.37. The van der Waals surface area contributed by atoms with E-state index in [9.17, 15) is 23.1 Å². The second-order valence-electron chi connectivity index (χ2n) is 8.08. The van der Waals surface area contributed by atoms with Crippen LogP contribution < -0.4 is 10.1 Å². The van der Waals surface area contributed by atoms with Gasteiger partial charge >= 0.3 is 6.18 Å². The summed E-state index contributed by atoms with van der Waals surface area (Å²) in [6.07, 6.45) is -7.03. The van der Waals surface area contributed by atoms with Crippen LogP contribution in [0.1, 0.15) is 47.4 Å². The molecule has 1 atom stereocenters. The number of rotatable bonds is 6. The molecule has 0 aliphatic carbocycles. The van der Waals surface area contributed by atoms with E-state index in [0.717, 1.165) is 30.4 Å². The van der Waals surface area contributed by atoms with Gasteiger partial charge in [-0.2, -0.15) is 18.3 Å². The minimum absolute atomic E-state index is 0.0773. The highest BCUT2D eigenvalue weighted by Crippen LogP contribution is 2.38. The zero-order valence-electron chi connectivity index (χ0n) is 18.7. The van der Waals surface area contributed by atoms with Gasteiger partial charge in [-0.1, -0.05) is 11.6 Å². The van der Waals surface area contributed by atoms with Crippen molar-refractivity contribution in [3.05, 3.63) is 44.9 Å². The molecule has 2 aromatic heterocycles. The van der Waals surface area contributed by atoms with E-state index >= 15 is 4.39 Å². The van der Waals surface area contributed by atoms with E-state index in [4.69, 9.17) is 16.3 Å². The molecule has 0 aliphatic rings. The van der Waals surface area contributed by atoms with Crippen LogP contribution in [0.4, 0.5) is 23.2 Å². The van der Waals surface area contributed by atoms with Gasteiger partial charge in [0.15, 0.2) is 11.3 Å². The molecule has 0 spiro atoms. The summed E-state index contributed by atoms with van der Waals surface area (Å²) in [7, 11) is 0. The third kappa shape index (κ3) is 5.34. The van der Waals surface area contributed by atoms with Gasteiger partial charge in [-0.25, -0.2) is 9.37 Å². The molecule has 0 fully saturated rings. The van der Waals surface area contributed by atoms with Crippen LogP contribution in [0, 0.1) is 19.7 Å². The number of anilines is 1. The van der Waals surface area contributed by atoms with Crippen molar-refractivity contribution in [1.82, 2.24) is 15.2 Å². The van der Waals surface area contributed by atoms with Crippen LogP contribution in [-0.2, 0) is 5.60 Å². The van der Waals surface area contributed by atoms with Gasteiger partial charge in [0.05, 0.1) is 17.0 Å². The first-order chi connectivity index (χ1) is 15.6. The molecule has 13 heteroatoms. The van der Waals surface area contributed by atoms with Gasteiger partial charge in [0, 0.05) is 10.4 Å². The average Bonchev–Trinajstić information content (AvgIpc) is 3.25. The fraction of sp³-hybridized carbons (Fsp3) is 0.381. The molecular formula is C21H21ClF4N4O3S. The second-order valence-corrected chi connectivity index (χ2v) is 9.64. The van der Waals surface area contributed by atoms with Crippen LogP contribution >= 0.6 is 22.9 Å². The number of halogens is 5. The number of carbonyl (C=O) groups is 1. The summed E-state index contributed by atoms with van der Waals surface area (Å²) in [5, 5.41) is 19.0. The minimum atomic E-state index is -4.74. The van der Waals surface area contributed by atoms with Crippen LogP contribution in [0.2, 0.25) is 5.15 Å². The minimum Gasteiger partial charge on any atom is -0.480 e. The Morgan fingerprint density at radius 3 is 2.44 bits per heavy atom. The van der Waals surface area contributed by atoms with E-state index in [1.54, 1.807) is 13.8 Å². The number of alkyl halides is 3. The van der Waals surface area contributed by atoms with Crippen molar-refractivity contribution in [3.8, 4) is 16.3 Å². The third-order valence-electron chi connectivity index (χ3n) is 4.83. The Balaban J connectivity index is 2.11. The van der Waals surface area contributed by atoms with Gasteiger partial charge in [0.25, 0.3) is 5.91 Å². The second kappa shape index (κ2) is 9.16. The van der Waals surface area contributed by atoms with Crippen LogP contribution in [0.3, 0.4) is 0 Å². The largest absolute Gasteiger partial charge is 0.480 e. The van der Waals surface area contributed by atoms with Crippen LogP contribution in [0.15, 0.2) is 12.1 Å². The van der Waals surface area contributed by atoms with E-state index in [1.807, 2.05) is 0 Å². The topological polar surface area (TPSA) is 100 Å². The number of hydrogen-bond donors (Lipinski definition) is 3. The van der Waals surface area contributed by atoms with E-state index in [0.29, 0.717) is 16.3 Å². The van der Waals surface area contributed by atoms with Gasteiger partial charge in [0.1, 0.15) is 27.9 Å². The number of benzene rings is 1. The Kier molecular flexibility index (Phi) is 6.98. The predicted molar refractivity (Wildman–Crippen MR) is 120 cm³/mol. The number of nitrogens with zero attached hydrogens (tertiary/aromatic N) is 2. The highest BCUT2D eigenvalue weighted by Gasteiger charge is 2.39. The number of amides is 1. The molecular weight excluding hydrogens is 500 g/mol. The number of aryl methyl sites for hydroxylation is 2. The van der Waals surface area contributed by atoms with Gasteiger partial charge in [0.2, 0.25) is 0 Å². The fourth-order valence-electron chi connectivity index (χ4n) is 3.05. The molecule has 184 valence electrons. The normalized spacial score (nSPS) is 13.1. The molecule has 34 heavy (non-hydrogen) atoms. The summed E-state index contributed by atoms with van der Waals surface area (Å²) >= 11 is 6.96. The van der Waals surface area contributed by atoms with Gasteiger partial charge in [-0.15, -0.1) is 11.3 Å². The smallest absolute Gasteiger partial charge is 0.425 e. The molecule has 3 N–H and O–H groups in total. The number of aliphatic hydroxyl groups is 1. The van der Waals surface area contributed by atoms with E-state index < -0.39 is 40.9 Å². The molecule has 0 aliphatic heterocycles. The first-order valence-corrected chi connectivity index (χ1v) is 11.1. The number of aromatic amines is 1. The number of carbonyl (C=O) groups excluding carboxylic acids is 1. The maximum atomic E-state index is 15.1. The van der Waals surface area contributed by atoms with Gasteiger partial charge in [-0.05, 0) is 46.8 Å². The van der Waals surface area contributed by atoms with Crippen molar-refractivity contribution >= 4 is 34.5 Å². The molecule has 0 saturated carbocycles. The first kappa shape index (κ1) is 25.9. The molecule has 3 aromatic rings. The van der Waals surface area contributed by atoms with Crippen molar-refractivity contribution < 1.29 is 32.2 Å². The quantitative estimate of drug-likeness (QED) is 0.359. The number of ether oxygens (including phenoxy) is 1. The average molecular weight is 521 g/mol. The summed E-state index contributed by atoms with van der Waals surface area (Å²) in [6, 6.07) is 1.76. The van der Waals surface area contributed by atoms with E-state index in [2.05, 4.69) is 20.5 Å². The molecule has 1 unspecified atom stereocenters. The number of aromatic nitrogens is 3. The number of hydrogen-bond acceptors (Lipinski definition) is 6. The maximum absolute atomic E-state index is 15.1. The van der Waals surface area contributed by atoms with Crippen LogP contribution in [0.25, 0.3) is 10.6 Å². The zero-order valence-corrected chi connectivity index (χ0v) is 20.3. The Bertz CT molecular complexity index is 1210. The summed E-state index contributed by atoms with van der Waals surface area (Å²) in [6.45, 7) is 7.01. The van der Waals surface area contributed by atoms with Crippen molar-refractivity contribution in [1.29, 1.82) is 0 Å². The Labute approximate surface area is 201 Å². The third-order valence-corrected chi connectivity index (χ3v) is 6.10. The lowest BCUT2D eigenvalue weighted by molar-refractivity contribution is -0.189. The van der Waals surface area contributed by atoms with E-state index in [1.165, 1.54) is 13.8 Å². The Morgan fingerprint density at radius 1 is 1.29 bits per heavy atom. The Hall–Kier alpha value is -2.70. The summed E-state index contributed by atoms with van der Waals surface area (Å²) < 4.78 is 59.8. The molecule has 7 nitrogen and oxygen atoms in total. The molecule has 0 saturated heterocycles. The number of thiazole rings is 1. The molecule has 2 heterocycles. The van der Waals surface area contributed by atoms with Crippen molar-refractivity contribution in [2.45, 2.75) is 52.5 Å². The first-order valence-electron chi connectivity index (χ1n) is 9.89. The lowest BCUT2D eigenvalue weighted by Gasteiger charge is -2.20. The van der Waals surface area contributed by atoms with E-state index in [-0.39, 0.29) is 21.4 Å². The standard InChI is InChI=1S/C21H21ClF4N4O3S/c1-8-15(17(22)30-29-8)27-18(31)12-6-13(23)11(7-14(12)33-10(3)21(24,25)26)19-28-16(9(2)34-19)20(4,5)32/h6-7,10,32H,1-5H3,(H,27,31)(H,29,30). The van der Waals surface area contributed by atoms with Crippen LogP contribution in [-0.4, -0.2) is 38.5 Å². The molecule has 1 aromatic carbocycles. The number of H-pyrrole nitrogens is 1. The van der Waals surface area contributed by atoms with Crippen molar-refractivity contribution in [2.24, 2.45) is 0 Å². The zero-order chi connectivity index (χ0) is 25.6. The molecule has 0 bridgehead atoms. The molecule has 1 amide bonds. The lowest BCUT2D eigenvalue weighted by atomic mass is 10.0. The fourth-order valence-corrected chi connectivity index (χ4v) is 4.37. The van der Waals surface area contributed by atoms with Crippen molar-refractivity contribution in [2.75, 3.05) is 5.32 Å². The van der Waals surface area contributed by atoms with Gasteiger partial charge < -0.3 is 15.2 Å². The summed E-state index contributed by atoms with van der Waals surface area (Å²) in [4.78, 5) is 17.7. The molecule has 0 radical (unpaired) electrons.